The molecular formula is C17H16N2O. The lowest BCUT2D eigenvalue weighted by Gasteiger charge is -2.14. The second-order valence-corrected chi connectivity index (χ2v) is 4.76. The van der Waals surface area contributed by atoms with Crippen molar-refractivity contribution in [1.29, 1.82) is 5.26 Å². The van der Waals surface area contributed by atoms with Crippen molar-refractivity contribution in [1.82, 2.24) is 5.32 Å². The minimum Gasteiger partial charge on any atom is -0.332 e. The zero-order valence-electron chi connectivity index (χ0n) is 11.6. The molecule has 0 spiro atoms. The minimum atomic E-state index is -0.634. The molecule has 20 heavy (non-hydrogen) atoms. The Bertz CT molecular complexity index is 653. The van der Waals surface area contributed by atoms with Crippen LogP contribution in [0.15, 0.2) is 48.5 Å². The molecule has 0 saturated carbocycles. The summed E-state index contributed by atoms with van der Waals surface area (Å²) in [6.45, 7) is 3.89. The summed E-state index contributed by atoms with van der Waals surface area (Å²) < 4.78 is 0. The van der Waals surface area contributed by atoms with Crippen LogP contribution in [0.2, 0.25) is 0 Å². The summed E-state index contributed by atoms with van der Waals surface area (Å²) in [5.74, 6) is -0.236. The van der Waals surface area contributed by atoms with Crippen LogP contribution >= 0.6 is 0 Å². The topological polar surface area (TPSA) is 52.9 Å². The molecule has 0 aliphatic carbocycles. The van der Waals surface area contributed by atoms with E-state index in [0.717, 1.165) is 16.7 Å². The van der Waals surface area contributed by atoms with Crippen LogP contribution in [0, 0.1) is 25.2 Å². The maximum atomic E-state index is 12.1. The van der Waals surface area contributed by atoms with Crippen molar-refractivity contribution in [3.8, 4) is 6.07 Å². The zero-order chi connectivity index (χ0) is 14.5. The van der Waals surface area contributed by atoms with Gasteiger partial charge in [0.05, 0.1) is 6.07 Å². The average Bonchev–Trinajstić information content (AvgIpc) is 2.46. The van der Waals surface area contributed by atoms with Gasteiger partial charge in [-0.15, -0.1) is 0 Å². The Morgan fingerprint density at radius 1 is 1.10 bits per heavy atom. The third kappa shape index (κ3) is 3.04. The van der Waals surface area contributed by atoms with E-state index >= 15 is 0 Å². The lowest BCUT2D eigenvalue weighted by Crippen LogP contribution is -2.28. The van der Waals surface area contributed by atoms with Crippen LogP contribution in [0.25, 0.3) is 0 Å². The van der Waals surface area contributed by atoms with Gasteiger partial charge in [-0.3, -0.25) is 4.79 Å². The van der Waals surface area contributed by atoms with Crippen molar-refractivity contribution in [2.45, 2.75) is 19.9 Å². The normalized spacial score (nSPS) is 11.4. The highest BCUT2D eigenvalue weighted by Crippen LogP contribution is 2.17. The predicted octanol–water partition coefficient (Wildman–Crippen LogP) is 3.30. The van der Waals surface area contributed by atoms with Gasteiger partial charge >= 0.3 is 0 Å². The van der Waals surface area contributed by atoms with E-state index in [9.17, 15) is 10.1 Å². The molecule has 0 aliphatic rings. The smallest absolute Gasteiger partial charge is 0.252 e. The molecule has 0 radical (unpaired) electrons. The molecular weight excluding hydrogens is 248 g/mol. The molecule has 0 bridgehead atoms. The fourth-order valence-corrected chi connectivity index (χ4v) is 2.01. The molecule has 1 atom stereocenters. The van der Waals surface area contributed by atoms with Gasteiger partial charge in [0.15, 0.2) is 0 Å². The van der Waals surface area contributed by atoms with Crippen LogP contribution in [-0.4, -0.2) is 5.91 Å². The van der Waals surface area contributed by atoms with Crippen molar-refractivity contribution in [3.05, 3.63) is 70.8 Å². The van der Waals surface area contributed by atoms with Crippen molar-refractivity contribution in [2.75, 3.05) is 0 Å². The summed E-state index contributed by atoms with van der Waals surface area (Å²) in [6, 6.07) is 16.4. The molecule has 1 amide bonds. The predicted molar refractivity (Wildman–Crippen MR) is 78.2 cm³/mol. The number of carbonyl (C=O) groups is 1. The first-order valence-electron chi connectivity index (χ1n) is 6.44. The first-order valence-corrected chi connectivity index (χ1v) is 6.44. The van der Waals surface area contributed by atoms with Gasteiger partial charge in [0.25, 0.3) is 5.91 Å². The molecule has 1 unspecified atom stereocenters. The standard InChI is InChI=1S/C17H16N2O/c1-12-7-9-14(10-8-12)17(20)19-16(11-18)15-6-4-3-5-13(15)2/h3-10,16H,1-2H3,(H,19,20). The quantitative estimate of drug-likeness (QED) is 0.924. The first kappa shape index (κ1) is 13.8. The van der Waals surface area contributed by atoms with Gasteiger partial charge < -0.3 is 5.32 Å². The number of amides is 1. The largest absolute Gasteiger partial charge is 0.332 e. The van der Waals surface area contributed by atoms with Crippen molar-refractivity contribution in [3.63, 3.8) is 0 Å². The van der Waals surface area contributed by atoms with E-state index in [1.165, 1.54) is 0 Å². The molecule has 2 aromatic carbocycles. The van der Waals surface area contributed by atoms with E-state index < -0.39 is 6.04 Å². The van der Waals surface area contributed by atoms with Crippen molar-refractivity contribution < 1.29 is 4.79 Å². The number of rotatable bonds is 3. The number of benzene rings is 2. The Kier molecular flexibility index (Phi) is 4.17. The third-order valence-electron chi connectivity index (χ3n) is 3.22. The van der Waals surface area contributed by atoms with Crippen LogP contribution in [0.1, 0.15) is 33.1 Å². The molecule has 0 saturated heterocycles. The molecule has 1 N–H and O–H groups in total. The summed E-state index contributed by atoms with van der Waals surface area (Å²) in [6.07, 6.45) is 0. The van der Waals surface area contributed by atoms with E-state index in [2.05, 4.69) is 11.4 Å². The van der Waals surface area contributed by atoms with Gasteiger partial charge in [0.1, 0.15) is 6.04 Å². The molecule has 3 nitrogen and oxygen atoms in total. The summed E-state index contributed by atoms with van der Waals surface area (Å²) in [7, 11) is 0. The van der Waals surface area contributed by atoms with Crippen molar-refractivity contribution in [2.24, 2.45) is 0 Å². The summed E-state index contributed by atoms with van der Waals surface area (Å²) >= 11 is 0. The Morgan fingerprint density at radius 2 is 1.75 bits per heavy atom. The molecule has 2 rings (SSSR count). The van der Waals surface area contributed by atoms with Gasteiger partial charge in [-0.1, -0.05) is 42.0 Å². The van der Waals surface area contributed by atoms with Gasteiger partial charge in [0.2, 0.25) is 0 Å². The molecule has 0 aliphatic heterocycles. The highest BCUT2D eigenvalue weighted by Gasteiger charge is 2.16. The van der Waals surface area contributed by atoms with Gasteiger partial charge in [0, 0.05) is 5.56 Å². The fraction of sp³-hybridized carbons (Fsp3) is 0.176. The van der Waals surface area contributed by atoms with E-state index in [1.54, 1.807) is 12.1 Å². The summed E-state index contributed by atoms with van der Waals surface area (Å²) in [5.41, 5.74) is 3.47. The minimum absolute atomic E-state index is 0.236. The molecule has 3 heteroatoms. The maximum Gasteiger partial charge on any atom is 0.252 e. The number of hydrogen-bond acceptors (Lipinski definition) is 2. The second kappa shape index (κ2) is 6.03. The number of nitrogens with zero attached hydrogens (tertiary/aromatic N) is 1. The second-order valence-electron chi connectivity index (χ2n) is 4.76. The average molecular weight is 264 g/mol. The van der Waals surface area contributed by atoms with Crippen LogP contribution in [0.5, 0.6) is 0 Å². The Morgan fingerprint density at radius 3 is 2.35 bits per heavy atom. The zero-order valence-corrected chi connectivity index (χ0v) is 11.6. The van der Waals surface area contributed by atoms with Crippen LogP contribution in [0.4, 0.5) is 0 Å². The number of hydrogen-bond donors (Lipinski definition) is 1. The first-order chi connectivity index (χ1) is 9.61. The Labute approximate surface area is 118 Å². The molecule has 100 valence electrons. The third-order valence-corrected chi connectivity index (χ3v) is 3.22. The Balaban J connectivity index is 2.19. The summed E-state index contributed by atoms with van der Waals surface area (Å²) in [4.78, 5) is 12.1. The van der Waals surface area contributed by atoms with E-state index in [0.29, 0.717) is 5.56 Å². The van der Waals surface area contributed by atoms with E-state index in [-0.39, 0.29) is 5.91 Å². The molecule has 0 aromatic heterocycles. The van der Waals surface area contributed by atoms with Gasteiger partial charge in [-0.25, -0.2) is 0 Å². The van der Waals surface area contributed by atoms with Crippen LogP contribution < -0.4 is 5.32 Å². The van der Waals surface area contributed by atoms with Gasteiger partial charge in [-0.05, 0) is 37.1 Å². The number of nitriles is 1. The van der Waals surface area contributed by atoms with E-state index in [4.69, 9.17) is 0 Å². The Hall–Kier alpha value is -2.60. The monoisotopic (exact) mass is 264 g/mol. The lowest BCUT2D eigenvalue weighted by molar-refractivity contribution is 0.0945. The fourth-order valence-electron chi connectivity index (χ4n) is 2.01. The SMILES string of the molecule is Cc1ccc(C(=O)NC(C#N)c2ccccc2C)cc1. The maximum absolute atomic E-state index is 12.1. The van der Waals surface area contributed by atoms with E-state index in [1.807, 2.05) is 50.2 Å². The summed E-state index contributed by atoms with van der Waals surface area (Å²) in [5, 5.41) is 12.0. The highest BCUT2D eigenvalue weighted by atomic mass is 16.1. The number of carbonyl (C=O) groups excluding carboxylic acids is 1. The number of aryl methyl sites for hydroxylation is 2. The van der Waals surface area contributed by atoms with Crippen molar-refractivity contribution >= 4 is 5.91 Å². The molecule has 0 fully saturated rings. The number of nitrogens with one attached hydrogen (secondary N) is 1. The molecule has 0 heterocycles. The lowest BCUT2D eigenvalue weighted by atomic mass is 10.0. The van der Waals surface area contributed by atoms with Crippen LogP contribution in [-0.2, 0) is 0 Å². The molecule has 2 aromatic rings. The van der Waals surface area contributed by atoms with Crippen LogP contribution in [0.3, 0.4) is 0 Å². The highest BCUT2D eigenvalue weighted by molar-refractivity contribution is 5.94. The van der Waals surface area contributed by atoms with Gasteiger partial charge in [-0.2, -0.15) is 5.26 Å².